The van der Waals surface area contributed by atoms with Crippen molar-refractivity contribution < 1.29 is 14.4 Å². The third-order valence-corrected chi connectivity index (χ3v) is 4.36. The molecule has 1 saturated carbocycles. The van der Waals surface area contributed by atoms with Crippen LogP contribution in [0.15, 0.2) is 24.3 Å². The molecule has 1 heterocycles. The van der Waals surface area contributed by atoms with Gasteiger partial charge in [0.05, 0.1) is 0 Å². The first-order chi connectivity index (χ1) is 10.6. The van der Waals surface area contributed by atoms with Crippen LogP contribution in [-0.4, -0.2) is 53.0 Å². The first-order valence-corrected chi connectivity index (χ1v) is 7.82. The Labute approximate surface area is 133 Å². The van der Waals surface area contributed by atoms with E-state index in [4.69, 9.17) is 11.6 Å². The number of hydrogen-bond acceptors (Lipinski definition) is 3. The Balaban J connectivity index is 1.63. The van der Waals surface area contributed by atoms with Gasteiger partial charge in [0.15, 0.2) is 0 Å². The Kier molecular flexibility index (Phi) is 4.16. The van der Waals surface area contributed by atoms with E-state index in [0.29, 0.717) is 37.3 Å². The lowest BCUT2D eigenvalue weighted by Gasteiger charge is -2.35. The van der Waals surface area contributed by atoms with Gasteiger partial charge in [-0.25, -0.2) is 0 Å². The molecule has 0 bridgehead atoms. The van der Waals surface area contributed by atoms with Crippen LogP contribution < -0.4 is 0 Å². The second-order valence-corrected chi connectivity index (χ2v) is 6.09. The molecule has 0 aromatic heterocycles. The molecule has 1 aromatic rings. The summed E-state index contributed by atoms with van der Waals surface area (Å²) < 4.78 is 0. The lowest BCUT2D eigenvalue weighted by molar-refractivity contribution is -0.134. The Hall–Kier alpha value is -1.88. The van der Waals surface area contributed by atoms with Gasteiger partial charge in [0, 0.05) is 43.2 Å². The highest BCUT2D eigenvalue weighted by molar-refractivity contribution is 6.67. The quantitative estimate of drug-likeness (QED) is 0.797. The number of hydrogen-bond donors (Lipinski definition) is 0. The van der Waals surface area contributed by atoms with E-state index in [0.717, 1.165) is 12.8 Å². The molecule has 2 fully saturated rings. The number of halogens is 1. The van der Waals surface area contributed by atoms with Crippen LogP contribution >= 0.6 is 11.6 Å². The zero-order chi connectivity index (χ0) is 15.7. The molecule has 2 amide bonds. The lowest BCUT2D eigenvalue weighted by Crippen LogP contribution is -2.51. The van der Waals surface area contributed by atoms with Crippen molar-refractivity contribution >= 4 is 28.7 Å². The average Bonchev–Trinajstić information content (AvgIpc) is 3.38. The third kappa shape index (κ3) is 3.14. The van der Waals surface area contributed by atoms with Crippen molar-refractivity contribution in [1.29, 1.82) is 0 Å². The molecule has 0 spiro atoms. The number of nitrogens with zero attached hydrogens (tertiary/aromatic N) is 2. The molecular weight excluding hydrogens is 304 g/mol. The van der Waals surface area contributed by atoms with Crippen LogP contribution in [-0.2, 0) is 4.79 Å². The minimum atomic E-state index is -0.575. The van der Waals surface area contributed by atoms with Crippen molar-refractivity contribution in [2.24, 2.45) is 5.92 Å². The maximum Gasteiger partial charge on any atom is 0.253 e. The third-order valence-electron chi connectivity index (χ3n) is 4.14. The largest absolute Gasteiger partial charge is 0.339 e. The molecule has 3 rings (SSSR count). The summed E-state index contributed by atoms with van der Waals surface area (Å²) in [4.78, 5) is 39.2. The summed E-state index contributed by atoms with van der Waals surface area (Å²) >= 11 is 5.45. The minimum Gasteiger partial charge on any atom is -0.339 e. The van der Waals surface area contributed by atoms with Gasteiger partial charge < -0.3 is 9.80 Å². The first-order valence-electron chi connectivity index (χ1n) is 7.44. The van der Waals surface area contributed by atoms with Crippen molar-refractivity contribution in [2.45, 2.75) is 12.8 Å². The number of amides is 2. The van der Waals surface area contributed by atoms with E-state index < -0.39 is 5.24 Å². The average molecular weight is 321 g/mol. The maximum atomic E-state index is 12.5. The fourth-order valence-corrected chi connectivity index (χ4v) is 2.79. The second-order valence-electron chi connectivity index (χ2n) is 5.75. The van der Waals surface area contributed by atoms with Crippen molar-refractivity contribution in [1.82, 2.24) is 9.80 Å². The monoisotopic (exact) mass is 320 g/mol. The van der Waals surface area contributed by atoms with Gasteiger partial charge in [-0.05, 0) is 36.6 Å². The number of piperazine rings is 1. The first kappa shape index (κ1) is 15.0. The Morgan fingerprint density at radius 2 is 1.55 bits per heavy atom. The van der Waals surface area contributed by atoms with Crippen LogP contribution in [0.3, 0.4) is 0 Å². The van der Waals surface area contributed by atoms with Gasteiger partial charge in [0.1, 0.15) is 0 Å². The SMILES string of the molecule is O=C(Cl)c1cccc(C(=O)N2CCN(C(=O)C3CC3)CC2)c1. The normalized spacial score (nSPS) is 18.2. The molecule has 1 aliphatic carbocycles. The van der Waals surface area contributed by atoms with Crippen molar-refractivity contribution in [3.8, 4) is 0 Å². The van der Waals surface area contributed by atoms with E-state index in [2.05, 4.69) is 0 Å². The van der Waals surface area contributed by atoms with E-state index in [1.165, 1.54) is 6.07 Å². The van der Waals surface area contributed by atoms with Crippen molar-refractivity contribution in [2.75, 3.05) is 26.2 Å². The van der Waals surface area contributed by atoms with E-state index in [1.807, 2.05) is 4.90 Å². The number of benzene rings is 1. The van der Waals surface area contributed by atoms with E-state index in [-0.39, 0.29) is 17.7 Å². The molecule has 1 saturated heterocycles. The van der Waals surface area contributed by atoms with Gasteiger partial charge in [-0.3, -0.25) is 14.4 Å². The number of rotatable bonds is 3. The highest BCUT2D eigenvalue weighted by atomic mass is 35.5. The number of carbonyl (C=O) groups is 3. The molecule has 1 aromatic carbocycles. The van der Waals surface area contributed by atoms with Crippen molar-refractivity contribution in [3.63, 3.8) is 0 Å². The van der Waals surface area contributed by atoms with Gasteiger partial charge in [-0.1, -0.05) is 12.1 Å². The van der Waals surface area contributed by atoms with Crippen molar-refractivity contribution in [3.05, 3.63) is 35.4 Å². The highest BCUT2D eigenvalue weighted by Gasteiger charge is 2.35. The van der Waals surface area contributed by atoms with Crippen LogP contribution in [0.2, 0.25) is 0 Å². The summed E-state index contributed by atoms with van der Waals surface area (Å²) in [5.74, 6) is 0.314. The smallest absolute Gasteiger partial charge is 0.253 e. The summed E-state index contributed by atoms with van der Waals surface area (Å²) in [6.45, 7) is 2.21. The second kappa shape index (κ2) is 6.08. The van der Waals surface area contributed by atoms with Gasteiger partial charge in [0.25, 0.3) is 11.1 Å². The van der Waals surface area contributed by atoms with Crippen LogP contribution in [0.25, 0.3) is 0 Å². The van der Waals surface area contributed by atoms with Gasteiger partial charge in [0.2, 0.25) is 5.91 Å². The summed E-state index contributed by atoms with van der Waals surface area (Å²) in [6, 6.07) is 6.42. The topological polar surface area (TPSA) is 57.7 Å². The van der Waals surface area contributed by atoms with Crippen LogP contribution in [0.1, 0.15) is 33.6 Å². The fourth-order valence-electron chi connectivity index (χ4n) is 2.68. The van der Waals surface area contributed by atoms with Crippen LogP contribution in [0.5, 0.6) is 0 Å². The molecular formula is C16H17ClN2O3. The predicted octanol–water partition coefficient (Wildman–Crippen LogP) is 1.76. The molecule has 6 heteroatoms. The summed E-state index contributed by atoms with van der Waals surface area (Å²) in [7, 11) is 0. The molecule has 22 heavy (non-hydrogen) atoms. The van der Waals surface area contributed by atoms with Crippen LogP contribution in [0, 0.1) is 5.92 Å². The maximum absolute atomic E-state index is 12.5. The molecule has 0 atom stereocenters. The lowest BCUT2D eigenvalue weighted by atomic mass is 10.1. The summed E-state index contributed by atoms with van der Waals surface area (Å²) in [5.41, 5.74) is 0.767. The molecule has 5 nitrogen and oxygen atoms in total. The standard InChI is InChI=1S/C16H17ClN2O3/c17-14(20)12-2-1-3-13(10-12)16(22)19-8-6-18(7-9-19)15(21)11-4-5-11/h1-3,10-11H,4-9H2. The fraction of sp³-hybridized carbons (Fsp3) is 0.438. The molecule has 2 aliphatic rings. The van der Waals surface area contributed by atoms with Gasteiger partial charge >= 0.3 is 0 Å². The Bertz CT molecular complexity index is 620. The molecule has 0 unspecified atom stereocenters. The van der Waals surface area contributed by atoms with E-state index in [9.17, 15) is 14.4 Å². The Morgan fingerprint density at radius 3 is 2.14 bits per heavy atom. The number of carbonyl (C=O) groups excluding carboxylic acids is 3. The zero-order valence-corrected chi connectivity index (χ0v) is 12.9. The zero-order valence-electron chi connectivity index (χ0n) is 12.1. The molecule has 1 aliphatic heterocycles. The van der Waals surface area contributed by atoms with Crippen LogP contribution in [0.4, 0.5) is 0 Å². The molecule has 0 N–H and O–H groups in total. The van der Waals surface area contributed by atoms with Gasteiger partial charge in [-0.15, -0.1) is 0 Å². The Morgan fingerprint density at radius 1 is 0.955 bits per heavy atom. The molecule has 0 radical (unpaired) electrons. The predicted molar refractivity (Wildman–Crippen MR) is 81.8 cm³/mol. The molecule has 116 valence electrons. The van der Waals surface area contributed by atoms with E-state index in [1.54, 1.807) is 23.1 Å². The highest BCUT2D eigenvalue weighted by Crippen LogP contribution is 2.31. The summed E-state index contributed by atoms with van der Waals surface area (Å²) in [6.07, 6.45) is 1.99. The summed E-state index contributed by atoms with van der Waals surface area (Å²) in [5, 5.41) is -0.575. The minimum absolute atomic E-state index is 0.127. The van der Waals surface area contributed by atoms with E-state index >= 15 is 0 Å². The van der Waals surface area contributed by atoms with Gasteiger partial charge in [-0.2, -0.15) is 0 Å².